The molecule has 2 aromatic rings. The molecule has 0 aromatic carbocycles. The van der Waals surface area contributed by atoms with Gasteiger partial charge >= 0.3 is 5.97 Å². The highest BCUT2D eigenvalue weighted by molar-refractivity contribution is 14.1. The number of carbonyl (C=O) groups excluding carboxylic acids is 1. The normalized spacial score (nSPS) is 11.8. The van der Waals surface area contributed by atoms with E-state index in [1.807, 2.05) is 20.8 Å². The summed E-state index contributed by atoms with van der Waals surface area (Å²) in [4.78, 5) is 19.8. The van der Waals surface area contributed by atoms with E-state index in [1.165, 1.54) is 6.33 Å². The second-order valence-electron chi connectivity index (χ2n) is 5.31. The van der Waals surface area contributed by atoms with E-state index in [-0.39, 0.29) is 12.4 Å². The molecule has 0 fully saturated rings. The number of nitrogens with two attached hydrogens (primary N) is 1. The minimum absolute atomic E-state index is 0.230. The third-order valence-electron chi connectivity index (χ3n) is 2.46. The average molecular weight is 389 g/mol. The maximum absolute atomic E-state index is 11.7. The zero-order chi connectivity index (χ0) is 14.9. The summed E-state index contributed by atoms with van der Waals surface area (Å²) in [5.41, 5.74) is 5.96. The number of rotatable bonds is 3. The van der Waals surface area contributed by atoms with Crippen molar-refractivity contribution in [2.45, 2.75) is 39.3 Å². The molecule has 0 unspecified atom stereocenters. The molecule has 0 saturated heterocycles. The van der Waals surface area contributed by atoms with Gasteiger partial charge in [0.05, 0.1) is 18.4 Å². The van der Waals surface area contributed by atoms with Gasteiger partial charge in [0.15, 0.2) is 5.65 Å². The molecule has 0 spiro atoms. The zero-order valence-corrected chi connectivity index (χ0v) is 13.7. The SMILES string of the molecule is CC(C)(C)OC(=O)CCn1nc(I)c2c(N)ncnc21. The Balaban J connectivity index is 2.15. The Kier molecular flexibility index (Phi) is 4.11. The van der Waals surface area contributed by atoms with E-state index in [0.717, 1.165) is 9.09 Å². The van der Waals surface area contributed by atoms with E-state index in [4.69, 9.17) is 10.5 Å². The second-order valence-corrected chi connectivity index (χ2v) is 6.33. The Hall–Kier alpha value is -1.45. The molecular weight excluding hydrogens is 373 g/mol. The molecule has 0 aliphatic heterocycles. The van der Waals surface area contributed by atoms with Gasteiger partial charge in [0.25, 0.3) is 0 Å². The average Bonchev–Trinajstić information content (AvgIpc) is 2.63. The number of nitrogens with zero attached hydrogens (tertiary/aromatic N) is 4. The highest BCUT2D eigenvalue weighted by Crippen LogP contribution is 2.22. The van der Waals surface area contributed by atoms with Crippen LogP contribution < -0.4 is 5.73 Å². The minimum Gasteiger partial charge on any atom is -0.460 e. The largest absolute Gasteiger partial charge is 0.460 e. The summed E-state index contributed by atoms with van der Waals surface area (Å²) >= 11 is 2.08. The van der Waals surface area contributed by atoms with Gasteiger partial charge < -0.3 is 10.5 Å². The van der Waals surface area contributed by atoms with Gasteiger partial charge in [-0.15, -0.1) is 0 Å². The van der Waals surface area contributed by atoms with Crippen LogP contribution in [0, 0.1) is 3.70 Å². The summed E-state index contributed by atoms with van der Waals surface area (Å²) in [6.45, 7) is 5.91. The van der Waals surface area contributed by atoms with Crippen molar-refractivity contribution in [1.82, 2.24) is 19.7 Å². The fraction of sp³-hybridized carbons (Fsp3) is 0.500. The van der Waals surface area contributed by atoms with E-state index in [2.05, 4.69) is 37.7 Å². The lowest BCUT2D eigenvalue weighted by Crippen LogP contribution is -2.24. The van der Waals surface area contributed by atoms with Crippen LogP contribution in [0.4, 0.5) is 5.82 Å². The molecule has 108 valence electrons. The number of aryl methyl sites for hydroxylation is 1. The van der Waals surface area contributed by atoms with Crippen LogP contribution in [0.1, 0.15) is 27.2 Å². The smallest absolute Gasteiger partial charge is 0.308 e. The van der Waals surface area contributed by atoms with Gasteiger partial charge in [-0.25, -0.2) is 14.6 Å². The van der Waals surface area contributed by atoms with E-state index >= 15 is 0 Å². The fourth-order valence-electron chi connectivity index (χ4n) is 1.73. The molecule has 2 heterocycles. The Morgan fingerprint density at radius 2 is 2.15 bits per heavy atom. The first kappa shape index (κ1) is 14.9. The van der Waals surface area contributed by atoms with Crippen LogP contribution in [-0.4, -0.2) is 31.3 Å². The van der Waals surface area contributed by atoms with Crippen molar-refractivity contribution < 1.29 is 9.53 Å². The van der Waals surface area contributed by atoms with Gasteiger partial charge in [-0.2, -0.15) is 5.10 Å². The number of aromatic nitrogens is 4. The van der Waals surface area contributed by atoms with Crippen molar-refractivity contribution in [3.8, 4) is 0 Å². The number of hydrogen-bond acceptors (Lipinski definition) is 6. The van der Waals surface area contributed by atoms with Gasteiger partial charge in [0, 0.05) is 0 Å². The third kappa shape index (κ3) is 3.35. The van der Waals surface area contributed by atoms with Crippen molar-refractivity contribution in [1.29, 1.82) is 0 Å². The lowest BCUT2D eigenvalue weighted by Gasteiger charge is -2.19. The molecule has 2 rings (SSSR count). The predicted molar refractivity (Wildman–Crippen MR) is 82.9 cm³/mol. The third-order valence-corrected chi connectivity index (χ3v) is 3.22. The van der Waals surface area contributed by atoms with Gasteiger partial charge in [-0.05, 0) is 43.4 Å². The highest BCUT2D eigenvalue weighted by atomic mass is 127. The number of hydrogen-bond donors (Lipinski definition) is 1. The van der Waals surface area contributed by atoms with Crippen molar-refractivity contribution in [2.24, 2.45) is 0 Å². The Labute approximate surface area is 130 Å². The number of ether oxygens (including phenoxy) is 1. The second kappa shape index (κ2) is 5.51. The molecule has 0 aliphatic carbocycles. The van der Waals surface area contributed by atoms with E-state index in [9.17, 15) is 4.79 Å². The predicted octanol–water partition coefficient (Wildman–Crippen LogP) is 1.74. The van der Waals surface area contributed by atoms with Gasteiger partial charge in [-0.1, -0.05) is 0 Å². The van der Waals surface area contributed by atoms with Crippen molar-refractivity contribution in [3.05, 3.63) is 10.0 Å². The molecule has 0 bridgehead atoms. The van der Waals surface area contributed by atoms with Gasteiger partial charge in [-0.3, -0.25) is 4.79 Å². The molecule has 0 radical (unpaired) electrons. The van der Waals surface area contributed by atoms with E-state index in [1.54, 1.807) is 4.68 Å². The molecule has 2 aromatic heterocycles. The minimum atomic E-state index is -0.482. The monoisotopic (exact) mass is 389 g/mol. The molecule has 20 heavy (non-hydrogen) atoms. The molecule has 0 amide bonds. The van der Waals surface area contributed by atoms with Crippen LogP contribution in [-0.2, 0) is 16.1 Å². The summed E-state index contributed by atoms with van der Waals surface area (Å²) < 4.78 is 7.64. The molecule has 0 aliphatic rings. The first-order valence-corrected chi connectivity index (χ1v) is 7.20. The molecule has 2 N–H and O–H groups in total. The summed E-state index contributed by atoms with van der Waals surface area (Å²) in [7, 11) is 0. The molecular formula is C12H16IN5O2. The number of nitrogen functional groups attached to an aromatic ring is 1. The van der Waals surface area contributed by atoms with Gasteiger partial charge in [0.2, 0.25) is 0 Å². The number of carbonyl (C=O) groups is 1. The first-order valence-electron chi connectivity index (χ1n) is 6.12. The molecule has 0 atom stereocenters. The first-order chi connectivity index (χ1) is 9.28. The van der Waals surface area contributed by atoms with Crippen LogP contribution in [0.3, 0.4) is 0 Å². The van der Waals surface area contributed by atoms with Crippen LogP contribution in [0.2, 0.25) is 0 Å². The molecule has 0 saturated carbocycles. The molecule has 8 heteroatoms. The van der Waals surface area contributed by atoms with Crippen LogP contribution in [0.5, 0.6) is 0 Å². The zero-order valence-electron chi connectivity index (χ0n) is 11.6. The Bertz CT molecular complexity index is 647. The van der Waals surface area contributed by atoms with Crippen molar-refractivity contribution >= 4 is 45.4 Å². The summed E-state index contributed by atoms with van der Waals surface area (Å²) in [5.74, 6) is 0.126. The number of halogens is 1. The van der Waals surface area contributed by atoms with Crippen LogP contribution in [0.25, 0.3) is 11.0 Å². The lowest BCUT2D eigenvalue weighted by atomic mass is 10.2. The Morgan fingerprint density at radius 1 is 1.45 bits per heavy atom. The Morgan fingerprint density at radius 3 is 2.80 bits per heavy atom. The maximum Gasteiger partial charge on any atom is 0.308 e. The lowest BCUT2D eigenvalue weighted by molar-refractivity contribution is -0.155. The fourth-order valence-corrected chi connectivity index (χ4v) is 2.51. The number of fused-ring (bicyclic) bond motifs is 1. The van der Waals surface area contributed by atoms with E-state index in [0.29, 0.717) is 18.0 Å². The van der Waals surface area contributed by atoms with Crippen LogP contribution >= 0.6 is 22.6 Å². The summed E-state index contributed by atoms with van der Waals surface area (Å²) in [5, 5.41) is 5.05. The number of anilines is 1. The standard InChI is InChI=1S/C12H16IN5O2/c1-12(2,3)20-7(19)4-5-18-11-8(9(13)17-18)10(14)15-6-16-11/h6H,4-5H2,1-3H3,(H2,14,15,16). The topological polar surface area (TPSA) is 95.9 Å². The quantitative estimate of drug-likeness (QED) is 0.635. The highest BCUT2D eigenvalue weighted by Gasteiger charge is 2.18. The van der Waals surface area contributed by atoms with Crippen molar-refractivity contribution in [3.63, 3.8) is 0 Å². The van der Waals surface area contributed by atoms with Crippen molar-refractivity contribution in [2.75, 3.05) is 5.73 Å². The van der Waals surface area contributed by atoms with E-state index < -0.39 is 5.60 Å². The van der Waals surface area contributed by atoms with Gasteiger partial charge in [0.1, 0.15) is 21.4 Å². The molecule has 7 nitrogen and oxygen atoms in total. The summed E-state index contributed by atoms with van der Waals surface area (Å²) in [6.07, 6.45) is 1.62. The summed E-state index contributed by atoms with van der Waals surface area (Å²) in [6, 6.07) is 0. The van der Waals surface area contributed by atoms with Crippen LogP contribution in [0.15, 0.2) is 6.33 Å². The maximum atomic E-state index is 11.7. The number of esters is 1.